The van der Waals surface area contributed by atoms with Crippen molar-refractivity contribution in [2.75, 3.05) is 0 Å². The van der Waals surface area contributed by atoms with Crippen molar-refractivity contribution in [2.24, 2.45) is 34.3 Å². The standard InChI is InChI=1S/C20H31N/c1-13-14(2)20-10-6-15(13)12-17(20)18(3)8-5-9-19(4,21)16(18)7-11-20/h15-17H,1-2,5-12,21H2,3-4H3. The van der Waals surface area contributed by atoms with Crippen LogP contribution in [0.5, 0.6) is 0 Å². The van der Waals surface area contributed by atoms with Crippen LogP contribution in [0.2, 0.25) is 0 Å². The van der Waals surface area contributed by atoms with Gasteiger partial charge in [0, 0.05) is 5.54 Å². The molecule has 0 aromatic heterocycles. The highest BCUT2D eigenvalue weighted by molar-refractivity contribution is 5.42. The van der Waals surface area contributed by atoms with Crippen LogP contribution in [0.1, 0.15) is 65.2 Å². The van der Waals surface area contributed by atoms with Gasteiger partial charge in [-0.3, -0.25) is 0 Å². The van der Waals surface area contributed by atoms with Gasteiger partial charge in [0.1, 0.15) is 0 Å². The summed E-state index contributed by atoms with van der Waals surface area (Å²) in [6.07, 6.45) is 10.6. The van der Waals surface area contributed by atoms with E-state index in [1.54, 1.807) is 0 Å². The second-order valence-electron chi connectivity index (χ2n) is 9.14. The Morgan fingerprint density at radius 1 is 1.00 bits per heavy atom. The highest BCUT2D eigenvalue weighted by Gasteiger charge is 2.64. The average molecular weight is 285 g/mol. The molecule has 1 nitrogen and oxygen atoms in total. The first-order valence-corrected chi connectivity index (χ1v) is 8.99. The first kappa shape index (κ1) is 14.1. The van der Waals surface area contributed by atoms with Crippen LogP contribution in [-0.4, -0.2) is 5.54 Å². The molecule has 0 heterocycles. The minimum absolute atomic E-state index is 0.0453. The second-order valence-corrected chi connectivity index (χ2v) is 9.14. The van der Waals surface area contributed by atoms with E-state index in [1.807, 2.05) is 0 Å². The number of rotatable bonds is 0. The maximum Gasteiger partial charge on any atom is 0.0159 e. The molecule has 21 heavy (non-hydrogen) atoms. The Morgan fingerprint density at radius 3 is 2.48 bits per heavy atom. The zero-order chi connectivity index (χ0) is 15.0. The molecule has 0 amide bonds. The molecule has 2 N–H and O–H groups in total. The molecule has 0 aromatic carbocycles. The molecule has 5 rings (SSSR count). The summed E-state index contributed by atoms with van der Waals surface area (Å²) in [6.45, 7) is 13.8. The van der Waals surface area contributed by atoms with Crippen molar-refractivity contribution < 1.29 is 0 Å². The molecule has 5 aliphatic rings. The fourth-order valence-corrected chi connectivity index (χ4v) is 7.26. The zero-order valence-corrected chi connectivity index (χ0v) is 13.9. The molecule has 2 bridgehead atoms. The van der Waals surface area contributed by atoms with Gasteiger partial charge < -0.3 is 5.73 Å². The lowest BCUT2D eigenvalue weighted by atomic mass is 9.37. The topological polar surface area (TPSA) is 26.0 Å². The Hall–Kier alpha value is -0.560. The Kier molecular flexibility index (Phi) is 2.71. The van der Waals surface area contributed by atoms with Gasteiger partial charge in [-0.1, -0.05) is 26.5 Å². The highest BCUT2D eigenvalue weighted by atomic mass is 14.8. The molecule has 1 spiro atoms. The van der Waals surface area contributed by atoms with E-state index >= 15 is 0 Å². The maximum atomic E-state index is 6.76. The zero-order valence-electron chi connectivity index (χ0n) is 13.9. The summed E-state index contributed by atoms with van der Waals surface area (Å²) in [7, 11) is 0. The van der Waals surface area contributed by atoms with Gasteiger partial charge in [0.2, 0.25) is 0 Å². The van der Waals surface area contributed by atoms with Gasteiger partial charge in [-0.25, -0.2) is 0 Å². The predicted molar refractivity (Wildman–Crippen MR) is 88.8 cm³/mol. The maximum absolute atomic E-state index is 6.76. The van der Waals surface area contributed by atoms with Gasteiger partial charge in [-0.2, -0.15) is 0 Å². The third-order valence-corrected chi connectivity index (χ3v) is 8.31. The van der Waals surface area contributed by atoms with E-state index in [1.165, 1.54) is 62.5 Å². The van der Waals surface area contributed by atoms with Crippen molar-refractivity contribution in [3.05, 3.63) is 24.3 Å². The third kappa shape index (κ3) is 1.57. The molecule has 0 saturated heterocycles. The summed E-state index contributed by atoms with van der Waals surface area (Å²) in [5.74, 6) is 2.23. The summed E-state index contributed by atoms with van der Waals surface area (Å²) in [6, 6.07) is 0. The molecular formula is C20H31N. The van der Waals surface area contributed by atoms with Gasteiger partial charge in [0.15, 0.2) is 0 Å². The Morgan fingerprint density at radius 2 is 1.71 bits per heavy atom. The molecular weight excluding hydrogens is 254 g/mol. The van der Waals surface area contributed by atoms with Crippen LogP contribution in [0.25, 0.3) is 0 Å². The number of nitrogens with two attached hydrogens (primary N) is 1. The molecule has 1 heteroatoms. The van der Waals surface area contributed by atoms with E-state index in [9.17, 15) is 0 Å². The Labute approximate surface area is 130 Å². The number of hydrogen-bond donors (Lipinski definition) is 1. The highest BCUT2D eigenvalue weighted by Crippen LogP contribution is 2.71. The van der Waals surface area contributed by atoms with Crippen LogP contribution in [-0.2, 0) is 0 Å². The van der Waals surface area contributed by atoms with Crippen molar-refractivity contribution in [1.82, 2.24) is 0 Å². The molecule has 0 aromatic rings. The van der Waals surface area contributed by atoms with Crippen LogP contribution >= 0.6 is 0 Å². The minimum atomic E-state index is 0.0453. The average Bonchev–Trinajstić information content (AvgIpc) is 2.43. The van der Waals surface area contributed by atoms with Crippen molar-refractivity contribution in [3.8, 4) is 0 Å². The Balaban J connectivity index is 1.80. The lowest BCUT2D eigenvalue weighted by Gasteiger charge is -2.68. The van der Waals surface area contributed by atoms with Crippen molar-refractivity contribution >= 4 is 0 Å². The summed E-state index contributed by atoms with van der Waals surface area (Å²) < 4.78 is 0. The van der Waals surface area contributed by atoms with Crippen LogP contribution < -0.4 is 5.73 Å². The van der Waals surface area contributed by atoms with Crippen LogP contribution in [0.15, 0.2) is 24.3 Å². The minimum Gasteiger partial charge on any atom is -0.325 e. The Bertz CT molecular complexity index is 516. The summed E-state index contributed by atoms with van der Waals surface area (Å²) in [5, 5.41) is 0. The fourth-order valence-electron chi connectivity index (χ4n) is 7.26. The summed E-state index contributed by atoms with van der Waals surface area (Å²) in [5.41, 5.74) is 10.4. The van der Waals surface area contributed by atoms with Crippen molar-refractivity contribution in [3.63, 3.8) is 0 Å². The van der Waals surface area contributed by atoms with Gasteiger partial charge in [-0.05, 0) is 91.6 Å². The van der Waals surface area contributed by atoms with E-state index in [0.29, 0.717) is 22.7 Å². The van der Waals surface area contributed by atoms with Crippen LogP contribution in [0.3, 0.4) is 0 Å². The van der Waals surface area contributed by atoms with Gasteiger partial charge in [0.05, 0.1) is 0 Å². The van der Waals surface area contributed by atoms with E-state index in [0.717, 1.165) is 5.92 Å². The van der Waals surface area contributed by atoms with E-state index < -0.39 is 0 Å². The van der Waals surface area contributed by atoms with E-state index in [-0.39, 0.29) is 5.54 Å². The van der Waals surface area contributed by atoms with Crippen molar-refractivity contribution in [1.29, 1.82) is 0 Å². The normalized spacial score (nSPS) is 56.0. The van der Waals surface area contributed by atoms with Crippen molar-refractivity contribution in [2.45, 2.75) is 70.8 Å². The van der Waals surface area contributed by atoms with Gasteiger partial charge in [-0.15, -0.1) is 0 Å². The largest absolute Gasteiger partial charge is 0.325 e. The number of fused-ring (bicyclic) bond motifs is 3. The predicted octanol–water partition coefficient (Wildman–Crippen LogP) is 4.83. The third-order valence-electron chi connectivity index (χ3n) is 8.31. The molecule has 5 aliphatic carbocycles. The lowest BCUT2D eigenvalue weighted by molar-refractivity contribution is -0.132. The molecule has 5 fully saturated rings. The molecule has 0 aliphatic heterocycles. The molecule has 6 atom stereocenters. The van der Waals surface area contributed by atoms with E-state index in [4.69, 9.17) is 5.73 Å². The summed E-state index contributed by atoms with van der Waals surface area (Å²) in [4.78, 5) is 0. The first-order valence-electron chi connectivity index (χ1n) is 8.99. The fraction of sp³-hybridized carbons (Fsp3) is 0.800. The SMILES string of the molecule is C=C1C(=C)C23CCC1CC2C1(C)CCCC(C)(N)C1CC3. The van der Waals surface area contributed by atoms with Gasteiger partial charge >= 0.3 is 0 Å². The quantitative estimate of drug-likeness (QED) is 0.677. The summed E-state index contributed by atoms with van der Waals surface area (Å²) >= 11 is 0. The molecule has 0 radical (unpaired) electrons. The molecule has 116 valence electrons. The number of hydrogen-bond acceptors (Lipinski definition) is 1. The monoisotopic (exact) mass is 285 g/mol. The van der Waals surface area contributed by atoms with Gasteiger partial charge in [0.25, 0.3) is 0 Å². The molecule has 5 saturated carbocycles. The lowest BCUT2D eigenvalue weighted by Crippen LogP contribution is -2.64. The van der Waals surface area contributed by atoms with Crippen LogP contribution in [0.4, 0.5) is 0 Å². The first-order chi connectivity index (χ1) is 9.81. The second kappa shape index (κ2) is 4.04. The van der Waals surface area contributed by atoms with E-state index in [2.05, 4.69) is 27.0 Å². The van der Waals surface area contributed by atoms with Crippen LogP contribution in [0, 0.1) is 28.6 Å². The number of allylic oxidation sites excluding steroid dienone is 2. The molecule has 6 unspecified atom stereocenters. The smallest absolute Gasteiger partial charge is 0.0159 e.